The molecule has 0 aliphatic carbocycles. The Morgan fingerprint density at radius 1 is 1.42 bits per heavy atom. The Kier molecular flexibility index (Phi) is 4.45. The molecular formula is C14H24N4O. The highest BCUT2D eigenvalue weighted by Crippen LogP contribution is 2.20. The standard InChI is InChI=1S/C14H24N4O/c1-4-15-14(19)17-7-5-13(6-8-17)10-18-11(2)9-16-12(18)3/h9,13H,4-8,10H2,1-3H3,(H,15,19). The van der Waals surface area contributed by atoms with E-state index in [-0.39, 0.29) is 6.03 Å². The first kappa shape index (κ1) is 13.9. The zero-order valence-electron chi connectivity index (χ0n) is 12.1. The van der Waals surface area contributed by atoms with Gasteiger partial charge in [0.15, 0.2) is 0 Å². The van der Waals surface area contributed by atoms with Crippen molar-refractivity contribution in [2.45, 2.75) is 40.2 Å². The molecule has 1 N–H and O–H groups in total. The summed E-state index contributed by atoms with van der Waals surface area (Å²) in [6, 6.07) is 0.0796. The largest absolute Gasteiger partial charge is 0.338 e. The predicted molar refractivity (Wildman–Crippen MR) is 75.1 cm³/mol. The molecule has 0 saturated carbocycles. The average Bonchev–Trinajstić information content (AvgIpc) is 2.72. The van der Waals surface area contributed by atoms with E-state index in [1.165, 1.54) is 5.69 Å². The molecular weight excluding hydrogens is 240 g/mol. The van der Waals surface area contributed by atoms with Crippen molar-refractivity contribution in [3.05, 3.63) is 17.7 Å². The van der Waals surface area contributed by atoms with Crippen molar-refractivity contribution in [1.82, 2.24) is 19.8 Å². The Bertz CT molecular complexity index is 413. The second kappa shape index (κ2) is 6.08. The summed E-state index contributed by atoms with van der Waals surface area (Å²) in [4.78, 5) is 18.0. The number of hydrogen-bond donors (Lipinski definition) is 1. The number of hydrogen-bond acceptors (Lipinski definition) is 2. The fourth-order valence-electron chi connectivity index (χ4n) is 2.70. The minimum absolute atomic E-state index is 0.0796. The zero-order valence-corrected chi connectivity index (χ0v) is 12.1. The van der Waals surface area contributed by atoms with Gasteiger partial charge in [0, 0.05) is 38.1 Å². The van der Waals surface area contributed by atoms with Gasteiger partial charge in [-0.15, -0.1) is 0 Å². The maximum absolute atomic E-state index is 11.7. The number of likely N-dealkylation sites (tertiary alicyclic amines) is 1. The van der Waals surface area contributed by atoms with Gasteiger partial charge in [-0.05, 0) is 39.5 Å². The molecule has 2 rings (SSSR count). The minimum atomic E-state index is 0.0796. The number of carbonyl (C=O) groups excluding carboxylic acids is 1. The predicted octanol–water partition coefficient (Wildman–Crippen LogP) is 1.94. The highest BCUT2D eigenvalue weighted by atomic mass is 16.2. The second-order valence-corrected chi connectivity index (χ2v) is 5.32. The van der Waals surface area contributed by atoms with Gasteiger partial charge in [0.2, 0.25) is 0 Å². The Hall–Kier alpha value is -1.52. The quantitative estimate of drug-likeness (QED) is 0.907. The van der Waals surface area contributed by atoms with E-state index >= 15 is 0 Å². The van der Waals surface area contributed by atoms with Gasteiger partial charge in [0.25, 0.3) is 0 Å². The van der Waals surface area contributed by atoms with Crippen LogP contribution in [0.2, 0.25) is 0 Å². The van der Waals surface area contributed by atoms with E-state index in [0.29, 0.717) is 12.5 Å². The molecule has 0 atom stereocenters. The molecule has 2 amide bonds. The molecule has 0 unspecified atom stereocenters. The monoisotopic (exact) mass is 264 g/mol. The van der Waals surface area contributed by atoms with Gasteiger partial charge in [0.05, 0.1) is 0 Å². The maximum atomic E-state index is 11.7. The number of rotatable bonds is 3. The molecule has 2 heterocycles. The molecule has 19 heavy (non-hydrogen) atoms. The van der Waals surface area contributed by atoms with Gasteiger partial charge >= 0.3 is 6.03 Å². The van der Waals surface area contributed by atoms with Crippen molar-refractivity contribution >= 4 is 6.03 Å². The smallest absolute Gasteiger partial charge is 0.317 e. The van der Waals surface area contributed by atoms with E-state index in [1.807, 2.05) is 18.0 Å². The molecule has 1 aliphatic heterocycles. The lowest BCUT2D eigenvalue weighted by molar-refractivity contribution is 0.165. The van der Waals surface area contributed by atoms with E-state index < -0.39 is 0 Å². The first-order chi connectivity index (χ1) is 9.11. The number of piperidine rings is 1. The van der Waals surface area contributed by atoms with Crippen LogP contribution in [0.5, 0.6) is 0 Å². The van der Waals surface area contributed by atoms with Crippen LogP contribution in [0.15, 0.2) is 6.20 Å². The van der Waals surface area contributed by atoms with Crippen molar-refractivity contribution in [1.29, 1.82) is 0 Å². The number of aromatic nitrogens is 2. The fourth-order valence-corrected chi connectivity index (χ4v) is 2.70. The van der Waals surface area contributed by atoms with Gasteiger partial charge < -0.3 is 14.8 Å². The SMILES string of the molecule is CCNC(=O)N1CCC(Cn2c(C)cnc2C)CC1. The van der Waals surface area contributed by atoms with Crippen LogP contribution >= 0.6 is 0 Å². The Morgan fingerprint density at radius 2 is 2.11 bits per heavy atom. The highest BCUT2D eigenvalue weighted by molar-refractivity contribution is 5.74. The van der Waals surface area contributed by atoms with E-state index in [0.717, 1.165) is 38.3 Å². The average molecular weight is 264 g/mol. The van der Waals surface area contributed by atoms with Gasteiger partial charge in [0.1, 0.15) is 5.82 Å². The summed E-state index contributed by atoms with van der Waals surface area (Å²) < 4.78 is 2.28. The van der Waals surface area contributed by atoms with Gasteiger partial charge in [-0.3, -0.25) is 0 Å². The third-order valence-electron chi connectivity index (χ3n) is 3.93. The molecule has 5 nitrogen and oxygen atoms in total. The fraction of sp³-hybridized carbons (Fsp3) is 0.714. The lowest BCUT2D eigenvalue weighted by Crippen LogP contribution is -2.44. The minimum Gasteiger partial charge on any atom is -0.338 e. The van der Waals surface area contributed by atoms with Crippen molar-refractivity contribution in [3.63, 3.8) is 0 Å². The normalized spacial score (nSPS) is 16.7. The number of nitrogens with zero attached hydrogens (tertiary/aromatic N) is 3. The summed E-state index contributed by atoms with van der Waals surface area (Å²) >= 11 is 0. The van der Waals surface area contributed by atoms with Crippen LogP contribution < -0.4 is 5.32 Å². The molecule has 106 valence electrons. The number of aryl methyl sites for hydroxylation is 2. The van der Waals surface area contributed by atoms with Crippen molar-refractivity contribution in [2.75, 3.05) is 19.6 Å². The molecule has 1 aromatic heterocycles. The van der Waals surface area contributed by atoms with Crippen LogP contribution in [0.25, 0.3) is 0 Å². The third kappa shape index (κ3) is 3.28. The van der Waals surface area contributed by atoms with Crippen LogP contribution in [0.3, 0.4) is 0 Å². The van der Waals surface area contributed by atoms with Crippen LogP contribution in [-0.2, 0) is 6.54 Å². The molecule has 0 spiro atoms. The summed E-state index contributed by atoms with van der Waals surface area (Å²) in [5, 5.41) is 2.87. The van der Waals surface area contributed by atoms with Gasteiger partial charge in [-0.25, -0.2) is 9.78 Å². The lowest BCUT2D eigenvalue weighted by atomic mass is 9.97. The zero-order chi connectivity index (χ0) is 13.8. The summed E-state index contributed by atoms with van der Waals surface area (Å²) in [6.07, 6.45) is 4.08. The molecule has 5 heteroatoms. The summed E-state index contributed by atoms with van der Waals surface area (Å²) in [5.74, 6) is 1.74. The Balaban J connectivity index is 1.85. The van der Waals surface area contributed by atoms with Crippen LogP contribution in [0.1, 0.15) is 31.3 Å². The highest BCUT2D eigenvalue weighted by Gasteiger charge is 2.23. The molecule has 0 aromatic carbocycles. The maximum Gasteiger partial charge on any atom is 0.317 e. The number of carbonyl (C=O) groups is 1. The molecule has 1 aliphatic rings. The Labute approximate surface area is 115 Å². The molecule has 1 aromatic rings. The topological polar surface area (TPSA) is 50.2 Å². The van der Waals surface area contributed by atoms with Crippen molar-refractivity contribution in [3.8, 4) is 0 Å². The number of urea groups is 1. The van der Waals surface area contributed by atoms with Crippen molar-refractivity contribution < 1.29 is 4.79 Å². The first-order valence-corrected chi connectivity index (χ1v) is 7.13. The van der Waals surface area contributed by atoms with Gasteiger partial charge in [-0.1, -0.05) is 0 Å². The van der Waals surface area contributed by atoms with Gasteiger partial charge in [-0.2, -0.15) is 0 Å². The van der Waals surface area contributed by atoms with Crippen LogP contribution in [0.4, 0.5) is 4.79 Å². The van der Waals surface area contributed by atoms with Crippen LogP contribution in [0, 0.1) is 19.8 Å². The third-order valence-corrected chi connectivity index (χ3v) is 3.93. The summed E-state index contributed by atoms with van der Waals surface area (Å²) in [6.45, 7) is 9.57. The lowest BCUT2D eigenvalue weighted by Gasteiger charge is -2.32. The van der Waals surface area contributed by atoms with E-state index in [1.54, 1.807) is 0 Å². The van der Waals surface area contributed by atoms with E-state index in [9.17, 15) is 4.79 Å². The molecule has 0 radical (unpaired) electrons. The number of imidazole rings is 1. The number of amides is 2. The summed E-state index contributed by atoms with van der Waals surface area (Å²) in [7, 11) is 0. The van der Waals surface area contributed by atoms with Crippen molar-refractivity contribution in [2.24, 2.45) is 5.92 Å². The van der Waals surface area contributed by atoms with E-state index in [2.05, 4.69) is 28.7 Å². The Morgan fingerprint density at radius 3 is 2.63 bits per heavy atom. The molecule has 1 saturated heterocycles. The molecule has 1 fully saturated rings. The first-order valence-electron chi connectivity index (χ1n) is 7.13. The van der Waals surface area contributed by atoms with Crippen LogP contribution in [-0.4, -0.2) is 40.1 Å². The molecule has 0 bridgehead atoms. The summed E-state index contributed by atoms with van der Waals surface area (Å²) in [5.41, 5.74) is 1.23. The van der Waals surface area contributed by atoms with E-state index in [4.69, 9.17) is 0 Å². The second-order valence-electron chi connectivity index (χ2n) is 5.32. The number of nitrogens with one attached hydrogen (secondary N) is 1.